The Labute approximate surface area is 69.6 Å². The molecule has 0 radical (unpaired) electrons. The normalized spacial score (nSPS) is 12.0. The van der Waals surface area contributed by atoms with Gasteiger partial charge >= 0.3 is 8.56 Å². The maximum Gasteiger partial charge on any atom is 0.347 e. The number of thiol groups is 1. The first kappa shape index (κ1) is 10.5. The molecule has 0 fully saturated rings. The van der Waals surface area contributed by atoms with E-state index in [-0.39, 0.29) is 0 Å². The lowest BCUT2D eigenvalue weighted by Crippen LogP contribution is -2.42. The first-order valence-electron chi connectivity index (χ1n) is 3.46. The van der Waals surface area contributed by atoms with Gasteiger partial charge in [0.2, 0.25) is 0 Å². The van der Waals surface area contributed by atoms with Gasteiger partial charge in [0.05, 0.1) is 0 Å². The highest BCUT2D eigenvalue weighted by atomic mass is 32.1. The van der Waals surface area contributed by atoms with Crippen LogP contribution >= 0.6 is 12.6 Å². The monoisotopic (exact) mass is 180 g/mol. The van der Waals surface area contributed by atoms with Crippen molar-refractivity contribution in [1.82, 2.24) is 0 Å². The third-order valence-electron chi connectivity index (χ3n) is 1.62. The van der Waals surface area contributed by atoms with Crippen LogP contribution in [0.25, 0.3) is 0 Å². The molecule has 0 N–H and O–H groups in total. The van der Waals surface area contributed by atoms with Crippen molar-refractivity contribution in [3.05, 3.63) is 0 Å². The zero-order valence-electron chi connectivity index (χ0n) is 6.89. The van der Waals surface area contributed by atoms with Gasteiger partial charge < -0.3 is 8.85 Å². The van der Waals surface area contributed by atoms with Crippen LogP contribution in [0.3, 0.4) is 0 Å². The Bertz CT molecular complexity index is 77.6. The van der Waals surface area contributed by atoms with Gasteiger partial charge in [-0.2, -0.15) is 12.6 Å². The lowest BCUT2D eigenvalue weighted by Gasteiger charge is -2.24. The van der Waals surface area contributed by atoms with E-state index < -0.39 is 8.56 Å². The molecule has 62 valence electrons. The first-order chi connectivity index (χ1) is 4.74. The molecule has 0 aromatic rings. The molecule has 0 bridgehead atoms. The van der Waals surface area contributed by atoms with Crippen molar-refractivity contribution in [2.45, 2.75) is 19.4 Å². The van der Waals surface area contributed by atoms with Crippen LogP contribution in [0.2, 0.25) is 6.04 Å². The number of rotatable bonds is 5. The molecule has 0 spiro atoms. The summed E-state index contributed by atoms with van der Waals surface area (Å²) in [4.78, 5) is 0. The minimum atomic E-state index is -1.85. The van der Waals surface area contributed by atoms with E-state index in [0.29, 0.717) is 0 Å². The highest BCUT2D eigenvalue weighted by molar-refractivity contribution is 7.82. The van der Waals surface area contributed by atoms with Crippen LogP contribution in [-0.2, 0) is 8.85 Å². The predicted molar refractivity (Wildman–Crippen MR) is 48.7 cm³/mol. The number of hydrogen-bond acceptors (Lipinski definition) is 3. The van der Waals surface area contributed by atoms with Crippen LogP contribution in [0.15, 0.2) is 0 Å². The smallest absolute Gasteiger partial charge is 0.347 e. The van der Waals surface area contributed by atoms with Crippen LogP contribution in [-0.4, -0.2) is 28.2 Å². The van der Waals surface area contributed by atoms with Crippen molar-refractivity contribution in [3.63, 3.8) is 0 Å². The molecule has 10 heavy (non-hydrogen) atoms. The summed E-state index contributed by atoms with van der Waals surface area (Å²) >= 11 is 4.21. The predicted octanol–water partition coefficient (Wildman–Crippen LogP) is 1.60. The molecule has 0 saturated heterocycles. The van der Waals surface area contributed by atoms with Gasteiger partial charge in [0.25, 0.3) is 0 Å². The van der Waals surface area contributed by atoms with Gasteiger partial charge in [0.15, 0.2) is 0 Å². The second-order valence-electron chi connectivity index (χ2n) is 2.23. The minimum absolute atomic E-state index is 0.744. The molecule has 0 aromatic heterocycles. The maximum atomic E-state index is 5.32. The third-order valence-corrected chi connectivity index (χ3v) is 6.29. The van der Waals surface area contributed by atoms with Gasteiger partial charge in [-0.25, -0.2) is 0 Å². The van der Waals surface area contributed by atoms with E-state index in [1.165, 1.54) is 0 Å². The van der Waals surface area contributed by atoms with Gasteiger partial charge in [0.1, 0.15) is 0 Å². The Hall–Kier alpha value is 0.487. The number of hydrogen-bond donors (Lipinski definition) is 1. The van der Waals surface area contributed by atoms with Crippen molar-refractivity contribution >= 4 is 21.2 Å². The molecule has 0 heterocycles. The molecule has 2 nitrogen and oxygen atoms in total. The molecule has 0 aliphatic rings. The summed E-state index contributed by atoms with van der Waals surface area (Å²) in [5, 5.41) is 0.744. The van der Waals surface area contributed by atoms with Crippen molar-refractivity contribution in [2.75, 3.05) is 19.6 Å². The van der Waals surface area contributed by atoms with Gasteiger partial charge in [-0.1, -0.05) is 13.3 Å². The van der Waals surface area contributed by atoms with E-state index in [9.17, 15) is 0 Å². The zero-order chi connectivity index (χ0) is 8.04. The van der Waals surface area contributed by atoms with Gasteiger partial charge in [-0.05, 0) is 6.04 Å². The molecule has 0 rings (SSSR count). The summed E-state index contributed by atoms with van der Waals surface area (Å²) in [6, 6.07) is 1.03. The fourth-order valence-electron chi connectivity index (χ4n) is 0.877. The van der Waals surface area contributed by atoms with E-state index in [1.54, 1.807) is 14.2 Å². The molecular weight excluding hydrogens is 164 g/mol. The van der Waals surface area contributed by atoms with Crippen molar-refractivity contribution in [1.29, 1.82) is 0 Å². The van der Waals surface area contributed by atoms with E-state index >= 15 is 0 Å². The third kappa shape index (κ3) is 2.62. The van der Waals surface area contributed by atoms with E-state index in [2.05, 4.69) is 19.6 Å². The van der Waals surface area contributed by atoms with Crippen molar-refractivity contribution in [3.8, 4) is 0 Å². The first-order valence-corrected chi connectivity index (χ1v) is 6.32. The Balaban J connectivity index is 3.87. The van der Waals surface area contributed by atoms with Crippen LogP contribution < -0.4 is 0 Å². The zero-order valence-corrected chi connectivity index (χ0v) is 8.78. The van der Waals surface area contributed by atoms with Crippen LogP contribution in [0, 0.1) is 0 Å². The lowest BCUT2D eigenvalue weighted by atomic mass is 10.6. The summed E-state index contributed by atoms with van der Waals surface area (Å²) in [5.41, 5.74) is 0. The van der Waals surface area contributed by atoms with E-state index in [4.69, 9.17) is 8.85 Å². The van der Waals surface area contributed by atoms with Gasteiger partial charge in [0, 0.05) is 19.6 Å². The summed E-state index contributed by atoms with van der Waals surface area (Å²) in [6.07, 6.45) is 1.11. The summed E-state index contributed by atoms with van der Waals surface area (Å²) in [7, 11) is 1.57. The van der Waals surface area contributed by atoms with Crippen LogP contribution in [0.5, 0.6) is 0 Å². The fourth-order valence-corrected chi connectivity index (χ4v) is 3.88. The molecule has 0 amide bonds. The van der Waals surface area contributed by atoms with Crippen molar-refractivity contribution < 1.29 is 8.85 Å². The molecule has 4 heteroatoms. The summed E-state index contributed by atoms with van der Waals surface area (Å²) < 4.78 is 10.6. The van der Waals surface area contributed by atoms with E-state index in [0.717, 1.165) is 17.8 Å². The maximum absolute atomic E-state index is 5.32. The quantitative estimate of drug-likeness (QED) is 0.512. The fraction of sp³-hybridized carbons (Fsp3) is 1.00. The summed E-state index contributed by atoms with van der Waals surface area (Å²) in [5.74, 6) is 0. The largest absolute Gasteiger partial charge is 0.397 e. The molecule has 0 saturated carbocycles. The minimum Gasteiger partial charge on any atom is -0.397 e. The molecule has 0 atom stereocenters. The second-order valence-corrected chi connectivity index (χ2v) is 6.63. The summed E-state index contributed by atoms with van der Waals surface area (Å²) in [6.45, 7) is 2.13. The highest BCUT2D eigenvalue weighted by Gasteiger charge is 2.32. The van der Waals surface area contributed by atoms with Gasteiger partial charge in [-0.3, -0.25) is 0 Å². The lowest BCUT2D eigenvalue weighted by molar-refractivity contribution is 0.248. The Morgan fingerprint density at radius 1 is 1.30 bits per heavy atom. The average molecular weight is 180 g/mol. The van der Waals surface area contributed by atoms with Crippen LogP contribution in [0.1, 0.15) is 13.3 Å². The standard InChI is InChI=1S/C6H16O2SSi/c1-4-5-10(6-9,7-2)8-3/h9H,4-6H2,1-3H3. The van der Waals surface area contributed by atoms with Gasteiger partial charge in [-0.15, -0.1) is 0 Å². The van der Waals surface area contributed by atoms with E-state index in [1.807, 2.05) is 0 Å². The average Bonchev–Trinajstić information content (AvgIpc) is 2.01. The molecule has 0 aliphatic carbocycles. The van der Waals surface area contributed by atoms with Crippen molar-refractivity contribution in [2.24, 2.45) is 0 Å². The Morgan fingerprint density at radius 3 is 1.90 bits per heavy atom. The molecular formula is C6H16O2SSi. The Morgan fingerprint density at radius 2 is 1.80 bits per heavy atom. The molecule has 0 aliphatic heterocycles. The SMILES string of the molecule is CCC[Si](CS)(OC)OC. The topological polar surface area (TPSA) is 18.5 Å². The highest BCUT2D eigenvalue weighted by Crippen LogP contribution is 2.14. The molecule has 0 aromatic carbocycles. The Kier molecular flexibility index (Phi) is 5.43. The second kappa shape index (κ2) is 5.18. The van der Waals surface area contributed by atoms with Crippen LogP contribution in [0.4, 0.5) is 0 Å². The molecule has 0 unspecified atom stereocenters.